The second-order valence-corrected chi connectivity index (χ2v) is 5.17. The van der Waals surface area contributed by atoms with E-state index in [-0.39, 0.29) is 17.7 Å². The first-order valence-corrected chi connectivity index (χ1v) is 7.20. The largest absolute Gasteiger partial charge is 0.373 e. The van der Waals surface area contributed by atoms with Crippen LogP contribution in [0.2, 0.25) is 0 Å². The minimum Gasteiger partial charge on any atom is -0.373 e. The number of aryl methyl sites for hydroxylation is 1. The lowest BCUT2D eigenvalue weighted by Crippen LogP contribution is -2.51. The van der Waals surface area contributed by atoms with Gasteiger partial charge in [0.2, 0.25) is 0 Å². The Hall–Kier alpha value is -1.07. The molecule has 1 aliphatic heterocycles. The molecule has 0 saturated carbocycles. The maximum atomic E-state index is 12.4. The maximum Gasteiger partial charge on any atom is 0.293 e. The van der Waals surface area contributed by atoms with Crippen molar-refractivity contribution in [3.8, 4) is 0 Å². The lowest BCUT2D eigenvalue weighted by atomic mass is 10.2. The quantitative estimate of drug-likeness (QED) is 0.787. The molecule has 0 N–H and O–H groups in total. The van der Waals surface area contributed by atoms with Crippen molar-refractivity contribution in [2.45, 2.75) is 39.0 Å². The molecular formula is C13H20ClN3O2. The first kappa shape index (κ1) is 14.3. The van der Waals surface area contributed by atoms with Crippen molar-refractivity contribution in [2.75, 3.05) is 23.9 Å². The molecule has 2 rings (SSSR count). The van der Waals surface area contributed by atoms with E-state index in [1.165, 1.54) is 0 Å². The van der Waals surface area contributed by atoms with Crippen LogP contribution >= 0.6 is 11.6 Å². The van der Waals surface area contributed by atoms with Gasteiger partial charge in [0.15, 0.2) is 5.82 Å². The highest BCUT2D eigenvalue weighted by molar-refractivity contribution is 6.18. The number of nitrogens with zero attached hydrogens (tertiary/aromatic N) is 3. The second-order valence-electron chi connectivity index (χ2n) is 4.86. The van der Waals surface area contributed by atoms with Crippen molar-refractivity contribution in [1.29, 1.82) is 0 Å². The van der Waals surface area contributed by atoms with Crippen molar-refractivity contribution in [3.63, 3.8) is 0 Å². The average Bonchev–Trinajstić information content (AvgIpc) is 2.42. The Morgan fingerprint density at radius 2 is 2.37 bits per heavy atom. The predicted molar refractivity (Wildman–Crippen MR) is 76.1 cm³/mol. The molecule has 2 heterocycles. The maximum absolute atomic E-state index is 12.4. The SMILES string of the molecule is CCCn1ccnc(N2CC(CCl)OCC2C)c1=O. The van der Waals surface area contributed by atoms with Crippen LogP contribution in [0.4, 0.5) is 5.82 Å². The number of hydrogen-bond acceptors (Lipinski definition) is 4. The topological polar surface area (TPSA) is 47.4 Å². The van der Waals surface area contributed by atoms with Gasteiger partial charge in [-0.25, -0.2) is 4.98 Å². The van der Waals surface area contributed by atoms with Crippen LogP contribution < -0.4 is 10.5 Å². The van der Waals surface area contributed by atoms with Crippen molar-refractivity contribution in [1.82, 2.24) is 9.55 Å². The number of ether oxygens (including phenoxy) is 1. The summed E-state index contributed by atoms with van der Waals surface area (Å²) in [7, 11) is 0. The van der Waals surface area contributed by atoms with E-state index in [0.717, 1.165) is 6.42 Å². The van der Waals surface area contributed by atoms with Gasteiger partial charge in [-0.05, 0) is 13.3 Å². The molecule has 2 atom stereocenters. The second kappa shape index (κ2) is 6.39. The standard InChI is InChI=1S/C13H20ClN3O2/c1-3-5-16-6-4-15-12(13(16)18)17-8-11(7-14)19-9-10(17)2/h4,6,10-11H,3,5,7-9H2,1-2H3. The fraction of sp³-hybridized carbons (Fsp3) is 0.692. The zero-order valence-electron chi connectivity index (χ0n) is 11.4. The van der Waals surface area contributed by atoms with Crippen molar-refractivity contribution in [3.05, 3.63) is 22.7 Å². The Bertz CT molecular complexity index is 477. The number of morpholine rings is 1. The first-order chi connectivity index (χ1) is 9.17. The van der Waals surface area contributed by atoms with Gasteiger partial charge in [-0.15, -0.1) is 11.6 Å². The van der Waals surface area contributed by atoms with Crippen LogP contribution in [-0.4, -0.2) is 40.7 Å². The van der Waals surface area contributed by atoms with Gasteiger partial charge >= 0.3 is 0 Å². The van der Waals surface area contributed by atoms with Gasteiger partial charge in [0.25, 0.3) is 5.56 Å². The summed E-state index contributed by atoms with van der Waals surface area (Å²) in [5.74, 6) is 0.931. The van der Waals surface area contributed by atoms with Gasteiger partial charge in [0, 0.05) is 25.5 Å². The highest BCUT2D eigenvalue weighted by Gasteiger charge is 2.28. The van der Waals surface area contributed by atoms with Crippen LogP contribution in [0.1, 0.15) is 20.3 Å². The van der Waals surface area contributed by atoms with Gasteiger partial charge in [-0.3, -0.25) is 4.79 Å². The average molecular weight is 286 g/mol. The van der Waals surface area contributed by atoms with E-state index in [1.54, 1.807) is 17.0 Å². The smallest absolute Gasteiger partial charge is 0.293 e. The predicted octanol–water partition coefficient (Wildman–Crippen LogP) is 1.49. The van der Waals surface area contributed by atoms with Crippen LogP contribution in [0, 0.1) is 0 Å². The van der Waals surface area contributed by atoms with Gasteiger partial charge in [-0.1, -0.05) is 6.92 Å². The highest BCUT2D eigenvalue weighted by Crippen LogP contribution is 2.17. The molecule has 1 fully saturated rings. The molecule has 1 saturated heterocycles. The number of alkyl halides is 1. The molecule has 1 aromatic rings. The zero-order valence-corrected chi connectivity index (χ0v) is 12.1. The van der Waals surface area contributed by atoms with E-state index in [1.807, 2.05) is 18.7 Å². The first-order valence-electron chi connectivity index (χ1n) is 6.67. The summed E-state index contributed by atoms with van der Waals surface area (Å²) in [5.41, 5.74) is -0.0357. The third-order valence-electron chi connectivity index (χ3n) is 3.31. The van der Waals surface area contributed by atoms with E-state index in [0.29, 0.717) is 31.4 Å². The zero-order chi connectivity index (χ0) is 13.8. The molecule has 5 nitrogen and oxygen atoms in total. The Balaban J connectivity index is 2.29. The minimum absolute atomic E-state index is 0.0357. The lowest BCUT2D eigenvalue weighted by Gasteiger charge is -2.37. The normalized spacial score (nSPS) is 23.6. The van der Waals surface area contributed by atoms with E-state index < -0.39 is 0 Å². The summed E-state index contributed by atoms with van der Waals surface area (Å²) in [6.45, 7) is 5.98. The van der Waals surface area contributed by atoms with Crippen LogP contribution in [-0.2, 0) is 11.3 Å². The van der Waals surface area contributed by atoms with E-state index in [9.17, 15) is 4.79 Å². The molecule has 1 aliphatic rings. The molecule has 0 bridgehead atoms. The number of anilines is 1. The summed E-state index contributed by atoms with van der Waals surface area (Å²) in [5, 5.41) is 0. The van der Waals surface area contributed by atoms with Crippen molar-refractivity contribution < 1.29 is 4.74 Å². The highest BCUT2D eigenvalue weighted by atomic mass is 35.5. The third kappa shape index (κ3) is 3.09. The molecule has 0 aliphatic carbocycles. The van der Waals surface area contributed by atoms with Crippen molar-refractivity contribution >= 4 is 17.4 Å². The number of aromatic nitrogens is 2. The van der Waals surface area contributed by atoms with Crippen molar-refractivity contribution in [2.24, 2.45) is 0 Å². The van der Waals surface area contributed by atoms with E-state index in [4.69, 9.17) is 16.3 Å². The molecular weight excluding hydrogens is 266 g/mol. The summed E-state index contributed by atoms with van der Waals surface area (Å²) in [6.07, 6.45) is 4.30. The Morgan fingerprint density at radius 3 is 3.05 bits per heavy atom. The molecule has 19 heavy (non-hydrogen) atoms. The molecule has 0 aromatic carbocycles. The van der Waals surface area contributed by atoms with Crippen LogP contribution in [0.5, 0.6) is 0 Å². The molecule has 6 heteroatoms. The van der Waals surface area contributed by atoms with Gasteiger partial charge in [-0.2, -0.15) is 0 Å². The Kier molecular flexibility index (Phi) is 4.82. The lowest BCUT2D eigenvalue weighted by molar-refractivity contribution is 0.0360. The van der Waals surface area contributed by atoms with Gasteiger partial charge < -0.3 is 14.2 Å². The molecule has 106 valence electrons. The summed E-state index contributed by atoms with van der Waals surface area (Å²) >= 11 is 5.85. The molecule has 0 amide bonds. The number of halogens is 1. The molecule has 0 spiro atoms. The fourth-order valence-electron chi connectivity index (χ4n) is 2.26. The Labute approximate surface area is 118 Å². The third-order valence-corrected chi connectivity index (χ3v) is 3.65. The molecule has 0 radical (unpaired) electrons. The van der Waals surface area contributed by atoms with E-state index in [2.05, 4.69) is 4.98 Å². The number of rotatable bonds is 4. The molecule has 1 aromatic heterocycles. The summed E-state index contributed by atoms with van der Waals surface area (Å²) in [4.78, 5) is 18.6. The van der Waals surface area contributed by atoms with Crippen LogP contribution in [0.15, 0.2) is 17.2 Å². The Morgan fingerprint density at radius 1 is 1.58 bits per heavy atom. The monoisotopic (exact) mass is 285 g/mol. The van der Waals surface area contributed by atoms with Crippen LogP contribution in [0.3, 0.4) is 0 Å². The van der Waals surface area contributed by atoms with Gasteiger partial charge in [0.1, 0.15) is 0 Å². The molecule has 2 unspecified atom stereocenters. The minimum atomic E-state index is -0.0427. The van der Waals surface area contributed by atoms with Crippen LogP contribution in [0.25, 0.3) is 0 Å². The fourth-order valence-corrected chi connectivity index (χ4v) is 2.44. The summed E-state index contributed by atoms with van der Waals surface area (Å²) < 4.78 is 7.31. The van der Waals surface area contributed by atoms with Gasteiger partial charge in [0.05, 0.1) is 24.6 Å². The van der Waals surface area contributed by atoms with E-state index >= 15 is 0 Å². The summed E-state index contributed by atoms with van der Waals surface area (Å²) in [6, 6.07) is 0.136. The number of hydrogen-bond donors (Lipinski definition) is 0.